The molecule has 0 bridgehead atoms. The van der Waals surface area contributed by atoms with Crippen molar-refractivity contribution in [2.75, 3.05) is 19.4 Å². The monoisotopic (exact) mass is 393 g/mol. The highest BCUT2D eigenvalue weighted by molar-refractivity contribution is 7.98. The summed E-state index contributed by atoms with van der Waals surface area (Å²) in [5.74, 6) is 2.96. The molecule has 140 valence electrons. The number of hydrogen-bond donors (Lipinski definition) is 1. The molecule has 1 unspecified atom stereocenters. The summed E-state index contributed by atoms with van der Waals surface area (Å²) in [4.78, 5) is 12.3. The Bertz CT molecular complexity index is 694. The summed E-state index contributed by atoms with van der Waals surface area (Å²) in [6.07, 6.45) is 0.0990. The Kier molecular flexibility index (Phi) is 8.65. The third-order valence-corrected chi connectivity index (χ3v) is 5.14. The maximum Gasteiger partial charge on any atom is 0.261 e. The van der Waals surface area contributed by atoms with E-state index in [4.69, 9.17) is 21.1 Å². The zero-order valence-corrected chi connectivity index (χ0v) is 16.6. The molecule has 26 heavy (non-hydrogen) atoms. The molecule has 6 heteroatoms. The fraction of sp³-hybridized carbons (Fsp3) is 0.350. The predicted octanol–water partition coefficient (Wildman–Crippen LogP) is 4.56. The first-order valence-corrected chi connectivity index (χ1v) is 10.1. The lowest BCUT2D eigenvalue weighted by molar-refractivity contribution is -0.127. The van der Waals surface area contributed by atoms with Crippen molar-refractivity contribution >= 4 is 29.3 Å². The quantitative estimate of drug-likeness (QED) is 0.601. The van der Waals surface area contributed by atoms with Crippen LogP contribution in [0.1, 0.15) is 18.9 Å². The second-order valence-electron chi connectivity index (χ2n) is 5.63. The van der Waals surface area contributed by atoms with Gasteiger partial charge in [0.15, 0.2) is 6.10 Å². The van der Waals surface area contributed by atoms with Crippen molar-refractivity contribution in [1.29, 1.82) is 0 Å². The second kappa shape index (κ2) is 11.0. The zero-order chi connectivity index (χ0) is 18.8. The second-order valence-corrected chi connectivity index (χ2v) is 7.14. The molecule has 0 aliphatic carbocycles. The van der Waals surface area contributed by atoms with Gasteiger partial charge in [-0.1, -0.05) is 36.7 Å². The van der Waals surface area contributed by atoms with Gasteiger partial charge >= 0.3 is 0 Å². The van der Waals surface area contributed by atoms with E-state index in [0.717, 1.165) is 27.8 Å². The number of hydrogen-bond acceptors (Lipinski definition) is 4. The molecule has 2 aromatic carbocycles. The molecule has 4 nitrogen and oxygen atoms in total. The average Bonchev–Trinajstić information content (AvgIpc) is 2.67. The highest BCUT2D eigenvalue weighted by Gasteiger charge is 2.17. The van der Waals surface area contributed by atoms with E-state index in [1.165, 1.54) is 0 Å². The summed E-state index contributed by atoms with van der Waals surface area (Å²) in [7, 11) is 1.61. The molecule has 0 saturated heterocycles. The van der Waals surface area contributed by atoms with Crippen LogP contribution in [0.5, 0.6) is 11.5 Å². The lowest BCUT2D eigenvalue weighted by Gasteiger charge is -2.17. The van der Waals surface area contributed by atoms with Gasteiger partial charge in [0.1, 0.15) is 11.5 Å². The maximum atomic E-state index is 12.3. The largest absolute Gasteiger partial charge is 0.497 e. The van der Waals surface area contributed by atoms with E-state index < -0.39 is 6.10 Å². The van der Waals surface area contributed by atoms with Gasteiger partial charge in [-0.2, -0.15) is 11.8 Å². The number of methoxy groups -OCH3 is 1. The van der Waals surface area contributed by atoms with Gasteiger partial charge in [0.25, 0.3) is 5.91 Å². The smallest absolute Gasteiger partial charge is 0.261 e. The van der Waals surface area contributed by atoms with Gasteiger partial charge in [-0.15, -0.1) is 0 Å². The SMILES string of the molecule is CCC(Oc1ccc(OC)cc1)C(=O)NCCSCc1ccccc1Cl. The molecule has 0 spiro atoms. The number of ether oxygens (including phenoxy) is 2. The predicted molar refractivity (Wildman–Crippen MR) is 108 cm³/mol. The van der Waals surface area contributed by atoms with E-state index in [-0.39, 0.29) is 5.91 Å². The van der Waals surface area contributed by atoms with E-state index in [0.29, 0.717) is 18.7 Å². The zero-order valence-electron chi connectivity index (χ0n) is 15.0. The number of rotatable bonds is 10. The first-order chi connectivity index (χ1) is 12.6. The minimum Gasteiger partial charge on any atom is -0.497 e. The number of thioether (sulfide) groups is 1. The van der Waals surface area contributed by atoms with E-state index in [9.17, 15) is 4.79 Å². The van der Waals surface area contributed by atoms with Crippen LogP contribution < -0.4 is 14.8 Å². The number of benzene rings is 2. The molecule has 2 rings (SSSR count). The molecule has 1 N–H and O–H groups in total. The first-order valence-electron chi connectivity index (χ1n) is 8.53. The van der Waals surface area contributed by atoms with E-state index in [2.05, 4.69) is 5.32 Å². The van der Waals surface area contributed by atoms with Gasteiger partial charge < -0.3 is 14.8 Å². The fourth-order valence-corrected chi connectivity index (χ4v) is 3.44. The van der Waals surface area contributed by atoms with Crippen LogP contribution in [0.25, 0.3) is 0 Å². The van der Waals surface area contributed by atoms with Gasteiger partial charge in [0, 0.05) is 23.1 Å². The van der Waals surface area contributed by atoms with Gasteiger partial charge in [-0.25, -0.2) is 0 Å². The molecule has 0 heterocycles. The topological polar surface area (TPSA) is 47.6 Å². The molecule has 1 atom stereocenters. The number of carbonyl (C=O) groups excluding carboxylic acids is 1. The molecule has 0 aromatic heterocycles. The average molecular weight is 394 g/mol. The van der Waals surface area contributed by atoms with Crippen LogP contribution in [-0.4, -0.2) is 31.4 Å². The lowest BCUT2D eigenvalue weighted by Crippen LogP contribution is -2.39. The Hall–Kier alpha value is -1.85. The van der Waals surface area contributed by atoms with Crippen molar-refractivity contribution in [3.05, 3.63) is 59.1 Å². The summed E-state index contributed by atoms with van der Waals surface area (Å²) in [6.45, 7) is 2.52. The van der Waals surface area contributed by atoms with Crippen LogP contribution in [-0.2, 0) is 10.5 Å². The van der Waals surface area contributed by atoms with Gasteiger partial charge in [-0.05, 0) is 42.3 Å². The molecular weight excluding hydrogens is 370 g/mol. The number of amides is 1. The Morgan fingerprint density at radius 2 is 1.85 bits per heavy atom. The summed E-state index contributed by atoms with van der Waals surface area (Å²) in [5, 5.41) is 3.72. The summed E-state index contributed by atoms with van der Waals surface area (Å²) in [5.41, 5.74) is 1.11. The van der Waals surface area contributed by atoms with Crippen LogP contribution in [0, 0.1) is 0 Å². The van der Waals surface area contributed by atoms with Crippen molar-refractivity contribution in [2.24, 2.45) is 0 Å². The van der Waals surface area contributed by atoms with Gasteiger partial charge in [0.05, 0.1) is 7.11 Å². The number of halogens is 1. The molecule has 0 saturated carbocycles. The minimum atomic E-state index is -0.503. The molecule has 2 aromatic rings. The van der Waals surface area contributed by atoms with Crippen LogP contribution in [0.2, 0.25) is 5.02 Å². The van der Waals surface area contributed by atoms with Gasteiger partial charge in [-0.3, -0.25) is 4.79 Å². The number of carbonyl (C=O) groups is 1. The maximum absolute atomic E-state index is 12.3. The lowest BCUT2D eigenvalue weighted by atomic mass is 10.2. The Morgan fingerprint density at radius 1 is 1.15 bits per heavy atom. The summed E-state index contributed by atoms with van der Waals surface area (Å²) >= 11 is 7.87. The van der Waals surface area contributed by atoms with Crippen molar-refractivity contribution < 1.29 is 14.3 Å². The Morgan fingerprint density at radius 3 is 2.50 bits per heavy atom. The van der Waals surface area contributed by atoms with Crippen LogP contribution >= 0.6 is 23.4 Å². The minimum absolute atomic E-state index is 0.0957. The third kappa shape index (κ3) is 6.46. The summed E-state index contributed by atoms with van der Waals surface area (Å²) < 4.78 is 10.9. The molecular formula is C20H24ClNO3S. The fourth-order valence-electron chi connectivity index (χ4n) is 2.30. The summed E-state index contributed by atoms with van der Waals surface area (Å²) in [6, 6.07) is 15.0. The normalized spacial score (nSPS) is 11.7. The third-order valence-electron chi connectivity index (χ3n) is 3.76. The van der Waals surface area contributed by atoms with Crippen LogP contribution in [0.4, 0.5) is 0 Å². The molecule has 0 fully saturated rings. The Balaban J connectivity index is 1.71. The van der Waals surface area contributed by atoms with E-state index >= 15 is 0 Å². The molecule has 0 aliphatic heterocycles. The van der Waals surface area contributed by atoms with Crippen molar-refractivity contribution in [3.8, 4) is 11.5 Å². The van der Waals surface area contributed by atoms with Crippen LogP contribution in [0.15, 0.2) is 48.5 Å². The highest BCUT2D eigenvalue weighted by Crippen LogP contribution is 2.21. The number of nitrogens with one attached hydrogen (secondary N) is 1. The standard InChI is InChI=1S/C20H24ClNO3S/c1-3-19(25-17-10-8-16(24-2)9-11-17)20(23)22-12-13-26-14-15-6-4-5-7-18(15)21/h4-11,19H,3,12-14H2,1-2H3,(H,22,23). The molecule has 1 amide bonds. The van der Waals surface area contributed by atoms with E-state index in [1.54, 1.807) is 31.0 Å². The highest BCUT2D eigenvalue weighted by atomic mass is 35.5. The van der Waals surface area contributed by atoms with Gasteiger partial charge in [0.2, 0.25) is 0 Å². The van der Waals surface area contributed by atoms with Crippen LogP contribution in [0.3, 0.4) is 0 Å². The first kappa shape index (κ1) is 20.5. The molecule has 0 aliphatic rings. The van der Waals surface area contributed by atoms with Crippen molar-refractivity contribution in [2.45, 2.75) is 25.2 Å². The van der Waals surface area contributed by atoms with E-state index in [1.807, 2.05) is 43.3 Å². The van der Waals surface area contributed by atoms with Crippen molar-refractivity contribution in [3.63, 3.8) is 0 Å². The van der Waals surface area contributed by atoms with Crippen molar-refractivity contribution in [1.82, 2.24) is 5.32 Å². The Labute approximate surface area is 164 Å². The molecule has 0 radical (unpaired) electrons.